The quantitative estimate of drug-likeness (QED) is 0.710. The number of carboxylic acids is 1. The fourth-order valence-corrected chi connectivity index (χ4v) is 2.56. The number of hydrogen-bond acceptors (Lipinski definition) is 2. The van der Waals surface area contributed by atoms with Gasteiger partial charge >= 0.3 is 5.97 Å². The van der Waals surface area contributed by atoms with Gasteiger partial charge in [0.15, 0.2) is 0 Å². The van der Waals surface area contributed by atoms with E-state index in [0.29, 0.717) is 6.10 Å². The van der Waals surface area contributed by atoms with Crippen LogP contribution in [0.2, 0.25) is 0 Å². The molecule has 3 atom stereocenters. The second kappa shape index (κ2) is 2.71. The van der Waals surface area contributed by atoms with Gasteiger partial charge in [-0.05, 0) is 33.1 Å². The molecule has 1 N–H and O–H groups in total. The van der Waals surface area contributed by atoms with Gasteiger partial charge in [-0.3, -0.25) is 4.79 Å². The highest BCUT2D eigenvalue weighted by Crippen LogP contribution is 2.47. The Balaban J connectivity index is 2.14. The van der Waals surface area contributed by atoms with Crippen LogP contribution < -0.4 is 0 Å². The number of ether oxygens (including phenoxy) is 1. The van der Waals surface area contributed by atoms with Crippen molar-refractivity contribution in [3.05, 3.63) is 0 Å². The monoisotopic (exact) mass is 184 g/mol. The molecule has 2 rings (SSSR count). The summed E-state index contributed by atoms with van der Waals surface area (Å²) in [6.45, 7) is 3.62. The van der Waals surface area contributed by atoms with E-state index in [1.54, 1.807) is 0 Å². The Morgan fingerprint density at radius 2 is 2.15 bits per heavy atom. The van der Waals surface area contributed by atoms with Crippen molar-refractivity contribution < 1.29 is 14.6 Å². The van der Waals surface area contributed by atoms with Gasteiger partial charge in [0.05, 0.1) is 17.6 Å². The lowest BCUT2D eigenvalue weighted by Crippen LogP contribution is -2.38. The molecule has 0 aromatic heterocycles. The van der Waals surface area contributed by atoms with Crippen LogP contribution in [-0.4, -0.2) is 23.3 Å². The lowest BCUT2D eigenvalue weighted by atomic mass is 9.71. The van der Waals surface area contributed by atoms with E-state index in [1.807, 2.05) is 13.8 Å². The Morgan fingerprint density at radius 1 is 1.46 bits per heavy atom. The number of aliphatic carboxylic acids is 1. The Morgan fingerprint density at radius 3 is 2.54 bits per heavy atom. The van der Waals surface area contributed by atoms with Gasteiger partial charge in [0.1, 0.15) is 0 Å². The molecule has 0 aromatic rings. The van der Waals surface area contributed by atoms with Crippen LogP contribution >= 0.6 is 0 Å². The maximum absolute atomic E-state index is 11.0. The first-order chi connectivity index (χ1) is 6.01. The third-order valence-corrected chi connectivity index (χ3v) is 3.58. The van der Waals surface area contributed by atoms with Gasteiger partial charge in [-0.1, -0.05) is 0 Å². The molecule has 2 saturated heterocycles. The van der Waals surface area contributed by atoms with Crippen LogP contribution in [0.5, 0.6) is 0 Å². The van der Waals surface area contributed by atoms with E-state index in [2.05, 4.69) is 0 Å². The number of hydrogen-bond donors (Lipinski definition) is 1. The van der Waals surface area contributed by atoms with E-state index in [0.717, 1.165) is 19.3 Å². The SMILES string of the molecule is CC(C)(C(=O)O)C1CC2CCC1O2. The Kier molecular flexibility index (Phi) is 1.88. The summed E-state index contributed by atoms with van der Waals surface area (Å²) in [6, 6.07) is 0. The molecule has 0 aromatic carbocycles. The fourth-order valence-electron chi connectivity index (χ4n) is 2.56. The van der Waals surface area contributed by atoms with E-state index in [4.69, 9.17) is 9.84 Å². The van der Waals surface area contributed by atoms with Crippen molar-refractivity contribution in [2.45, 2.75) is 45.3 Å². The summed E-state index contributed by atoms with van der Waals surface area (Å²) in [5.41, 5.74) is -0.625. The second-order valence-electron chi connectivity index (χ2n) is 4.74. The van der Waals surface area contributed by atoms with Crippen LogP contribution in [0, 0.1) is 11.3 Å². The lowest BCUT2D eigenvalue weighted by Gasteiger charge is -2.31. The first-order valence-corrected chi connectivity index (χ1v) is 4.90. The van der Waals surface area contributed by atoms with E-state index >= 15 is 0 Å². The zero-order valence-corrected chi connectivity index (χ0v) is 8.12. The molecule has 2 aliphatic heterocycles. The number of fused-ring (bicyclic) bond motifs is 2. The molecule has 2 bridgehead atoms. The summed E-state index contributed by atoms with van der Waals surface area (Å²) >= 11 is 0. The van der Waals surface area contributed by atoms with Crippen molar-refractivity contribution >= 4 is 5.97 Å². The predicted octanol–water partition coefficient (Wildman–Crippen LogP) is 1.66. The summed E-state index contributed by atoms with van der Waals surface area (Å²) < 4.78 is 5.66. The zero-order valence-electron chi connectivity index (χ0n) is 8.12. The minimum atomic E-state index is -0.700. The molecule has 0 aliphatic carbocycles. The highest BCUT2D eigenvalue weighted by molar-refractivity contribution is 5.74. The van der Waals surface area contributed by atoms with Crippen molar-refractivity contribution in [3.8, 4) is 0 Å². The van der Waals surface area contributed by atoms with Crippen LogP contribution in [0.25, 0.3) is 0 Å². The third-order valence-electron chi connectivity index (χ3n) is 3.58. The van der Waals surface area contributed by atoms with Crippen LogP contribution in [-0.2, 0) is 9.53 Å². The number of carbonyl (C=O) groups is 1. The molecule has 0 saturated carbocycles. The normalized spacial score (nSPS) is 38.2. The molecule has 74 valence electrons. The van der Waals surface area contributed by atoms with E-state index in [-0.39, 0.29) is 12.0 Å². The molecule has 2 heterocycles. The Hall–Kier alpha value is -0.570. The summed E-state index contributed by atoms with van der Waals surface area (Å²) in [7, 11) is 0. The molecule has 0 radical (unpaired) electrons. The average molecular weight is 184 g/mol. The van der Waals surface area contributed by atoms with E-state index in [9.17, 15) is 4.79 Å². The van der Waals surface area contributed by atoms with Crippen molar-refractivity contribution in [1.82, 2.24) is 0 Å². The van der Waals surface area contributed by atoms with Crippen molar-refractivity contribution in [2.75, 3.05) is 0 Å². The smallest absolute Gasteiger partial charge is 0.309 e. The van der Waals surface area contributed by atoms with Gasteiger partial charge in [0, 0.05) is 5.92 Å². The first-order valence-electron chi connectivity index (χ1n) is 4.90. The van der Waals surface area contributed by atoms with Gasteiger partial charge in [-0.15, -0.1) is 0 Å². The van der Waals surface area contributed by atoms with Gasteiger partial charge in [0.25, 0.3) is 0 Å². The molecule has 2 fully saturated rings. The zero-order chi connectivity index (χ0) is 9.64. The molecular formula is C10H16O3. The molecule has 3 nitrogen and oxygen atoms in total. The fraction of sp³-hybridized carbons (Fsp3) is 0.900. The summed E-state index contributed by atoms with van der Waals surface area (Å²) in [4.78, 5) is 11.0. The van der Waals surface area contributed by atoms with Gasteiger partial charge in [-0.25, -0.2) is 0 Å². The minimum Gasteiger partial charge on any atom is -0.481 e. The molecular weight excluding hydrogens is 168 g/mol. The molecule has 13 heavy (non-hydrogen) atoms. The number of carboxylic acid groups (broad SMARTS) is 1. The largest absolute Gasteiger partial charge is 0.481 e. The molecule has 0 amide bonds. The maximum Gasteiger partial charge on any atom is 0.309 e. The van der Waals surface area contributed by atoms with Crippen molar-refractivity contribution in [1.29, 1.82) is 0 Å². The minimum absolute atomic E-state index is 0.205. The van der Waals surface area contributed by atoms with E-state index < -0.39 is 11.4 Å². The standard InChI is InChI=1S/C10H16O3/c1-10(2,9(11)12)7-5-6-3-4-8(7)13-6/h6-8H,3-5H2,1-2H3,(H,11,12). The van der Waals surface area contributed by atoms with E-state index in [1.165, 1.54) is 0 Å². The molecule has 2 aliphatic rings. The Labute approximate surface area is 78.1 Å². The van der Waals surface area contributed by atoms with Crippen LogP contribution in [0.4, 0.5) is 0 Å². The first kappa shape index (κ1) is 9.00. The van der Waals surface area contributed by atoms with Gasteiger partial charge in [0.2, 0.25) is 0 Å². The highest BCUT2D eigenvalue weighted by atomic mass is 16.5. The summed E-state index contributed by atoms with van der Waals surface area (Å²) in [5, 5.41) is 9.07. The molecule has 0 spiro atoms. The average Bonchev–Trinajstić information content (AvgIpc) is 2.63. The molecule has 3 heteroatoms. The van der Waals surface area contributed by atoms with Gasteiger partial charge in [-0.2, -0.15) is 0 Å². The lowest BCUT2D eigenvalue weighted by molar-refractivity contribution is -0.151. The second-order valence-corrected chi connectivity index (χ2v) is 4.74. The predicted molar refractivity (Wildman–Crippen MR) is 47.4 cm³/mol. The number of rotatable bonds is 2. The summed E-state index contributed by atoms with van der Waals surface area (Å²) in [5.74, 6) is -0.489. The van der Waals surface area contributed by atoms with Crippen LogP contribution in [0.3, 0.4) is 0 Å². The maximum atomic E-state index is 11.0. The Bertz CT molecular complexity index is 234. The summed E-state index contributed by atoms with van der Waals surface area (Å²) in [6.07, 6.45) is 3.65. The topological polar surface area (TPSA) is 46.5 Å². The van der Waals surface area contributed by atoms with Crippen LogP contribution in [0.15, 0.2) is 0 Å². The highest BCUT2D eigenvalue weighted by Gasteiger charge is 2.50. The third kappa shape index (κ3) is 1.26. The molecule has 3 unspecified atom stereocenters. The van der Waals surface area contributed by atoms with Gasteiger partial charge < -0.3 is 9.84 Å². The van der Waals surface area contributed by atoms with Crippen LogP contribution in [0.1, 0.15) is 33.1 Å². The van der Waals surface area contributed by atoms with Crippen molar-refractivity contribution in [3.63, 3.8) is 0 Å². The van der Waals surface area contributed by atoms with Crippen molar-refractivity contribution in [2.24, 2.45) is 11.3 Å².